The number of amides is 1. The molecule has 1 aromatic heterocycles. The molecule has 0 saturated heterocycles. The van der Waals surface area contributed by atoms with Crippen LogP contribution < -0.4 is 10.1 Å². The molecule has 0 aliphatic heterocycles. The average molecular weight is 325 g/mol. The van der Waals surface area contributed by atoms with Crippen molar-refractivity contribution in [1.29, 1.82) is 0 Å². The van der Waals surface area contributed by atoms with E-state index >= 15 is 0 Å². The zero-order valence-corrected chi connectivity index (χ0v) is 13.1. The zero-order chi connectivity index (χ0) is 13.8. The lowest BCUT2D eigenvalue weighted by atomic mass is 10.0. The number of carbonyl (C=O) groups is 1. The number of aromatic nitrogens is 1. The summed E-state index contributed by atoms with van der Waals surface area (Å²) >= 11 is 1.59. The number of hydrogen-bond donors (Lipinski definition) is 1. The predicted molar refractivity (Wildman–Crippen MR) is 86.6 cm³/mol. The van der Waals surface area contributed by atoms with Crippen molar-refractivity contribution in [1.82, 2.24) is 4.98 Å². The van der Waals surface area contributed by atoms with Gasteiger partial charge in [-0.3, -0.25) is 10.1 Å². The molecule has 0 atom stereocenters. The first-order valence-electron chi connectivity index (χ1n) is 6.77. The number of ether oxygens (including phenoxy) is 1. The Morgan fingerprint density at radius 1 is 1.24 bits per heavy atom. The predicted octanol–water partition coefficient (Wildman–Crippen LogP) is 3.46. The molecule has 0 fully saturated rings. The Kier molecular flexibility index (Phi) is 5.59. The molecule has 1 N–H and O–H groups in total. The van der Waals surface area contributed by atoms with E-state index in [4.69, 9.17) is 4.74 Å². The van der Waals surface area contributed by atoms with Crippen LogP contribution >= 0.6 is 23.7 Å². The molecule has 0 unspecified atom stereocenters. The number of anilines is 1. The molecule has 1 amide bonds. The van der Waals surface area contributed by atoms with E-state index in [1.54, 1.807) is 11.3 Å². The van der Waals surface area contributed by atoms with Crippen LogP contribution in [0.3, 0.4) is 0 Å². The first kappa shape index (κ1) is 15.8. The van der Waals surface area contributed by atoms with Crippen LogP contribution in [0.2, 0.25) is 0 Å². The minimum Gasteiger partial charge on any atom is -0.484 e. The second-order valence-electron chi connectivity index (χ2n) is 4.75. The number of hydrogen-bond acceptors (Lipinski definition) is 4. The highest BCUT2D eigenvalue weighted by Gasteiger charge is 2.16. The minimum absolute atomic E-state index is 0. The second-order valence-corrected chi connectivity index (χ2v) is 5.83. The third kappa shape index (κ3) is 4.19. The second kappa shape index (κ2) is 7.43. The molecular weight excluding hydrogens is 308 g/mol. The van der Waals surface area contributed by atoms with Crippen LogP contribution in [0.4, 0.5) is 5.13 Å². The average Bonchev–Trinajstić information content (AvgIpc) is 2.88. The maximum atomic E-state index is 11.8. The van der Waals surface area contributed by atoms with Crippen LogP contribution in [-0.4, -0.2) is 17.5 Å². The number of benzene rings is 1. The molecule has 112 valence electrons. The van der Waals surface area contributed by atoms with Crippen molar-refractivity contribution in [2.24, 2.45) is 0 Å². The van der Waals surface area contributed by atoms with Gasteiger partial charge in [0.1, 0.15) is 5.75 Å². The Hall–Kier alpha value is -1.59. The summed E-state index contributed by atoms with van der Waals surface area (Å²) in [7, 11) is 0. The summed E-state index contributed by atoms with van der Waals surface area (Å²) in [5, 5.41) is 3.51. The SMILES string of the molecule is Cl.O=C(COc1ccccc1)Nc1nc2c(s1)CCCC2. The van der Waals surface area contributed by atoms with E-state index in [0.717, 1.165) is 18.5 Å². The van der Waals surface area contributed by atoms with Crippen LogP contribution in [0.5, 0.6) is 5.75 Å². The number of nitrogens with one attached hydrogen (secondary N) is 1. The Bertz CT molecular complexity index is 577. The highest BCUT2D eigenvalue weighted by atomic mass is 35.5. The number of halogens is 1. The summed E-state index contributed by atoms with van der Waals surface area (Å²) in [5.41, 5.74) is 1.15. The van der Waals surface area contributed by atoms with Gasteiger partial charge in [0.05, 0.1) is 5.69 Å². The first-order chi connectivity index (χ1) is 9.81. The zero-order valence-electron chi connectivity index (χ0n) is 11.5. The van der Waals surface area contributed by atoms with Crippen molar-refractivity contribution in [2.45, 2.75) is 25.7 Å². The van der Waals surface area contributed by atoms with Gasteiger partial charge in [0.15, 0.2) is 11.7 Å². The lowest BCUT2D eigenvalue weighted by molar-refractivity contribution is -0.118. The summed E-state index contributed by atoms with van der Waals surface area (Å²) in [6, 6.07) is 9.32. The topological polar surface area (TPSA) is 51.2 Å². The molecule has 2 aromatic rings. The molecule has 1 aliphatic carbocycles. The Morgan fingerprint density at radius 2 is 2.00 bits per heavy atom. The van der Waals surface area contributed by atoms with E-state index in [-0.39, 0.29) is 24.9 Å². The number of thiazole rings is 1. The number of fused-ring (bicyclic) bond motifs is 1. The van der Waals surface area contributed by atoms with E-state index in [2.05, 4.69) is 10.3 Å². The van der Waals surface area contributed by atoms with Crippen LogP contribution in [0.1, 0.15) is 23.4 Å². The fraction of sp³-hybridized carbons (Fsp3) is 0.333. The molecular formula is C15H17ClN2O2S. The molecule has 1 aliphatic rings. The fourth-order valence-electron chi connectivity index (χ4n) is 2.23. The van der Waals surface area contributed by atoms with Crippen molar-refractivity contribution in [3.63, 3.8) is 0 Å². The summed E-state index contributed by atoms with van der Waals surface area (Å²) in [6.07, 6.45) is 4.53. The number of carbonyl (C=O) groups excluding carboxylic acids is 1. The molecule has 0 bridgehead atoms. The van der Waals surface area contributed by atoms with Gasteiger partial charge in [-0.15, -0.1) is 23.7 Å². The van der Waals surface area contributed by atoms with E-state index in [9.17, 15) is 4.79 Å². The highest BCUT2D eigenvalue weighted by molar-refractivity contribution is 7.15. The maximum absolute atomic E-state index is 11.8. The Morgan fingerprint density at radius 3 is 2.76 bits per heavy atom. The fourth-order valence-corrected chi connectivity index (χ4v) is 3.29. The van der Waals surface area contributed by atoms with Crippen molar-refractivity contribution in [3.05, 3.63) is 40.9 Å². The minimum atomic E-state index is -0.167. The van der Waals surface area contributed by atoms with Gasteiger partial charge in [-0.2, -0.15) is 0 Å². The molecule has 1 heterocycles. The van der Waals surface area contributed by atoms with E-state index in [0.29, 0.717) is 10.9 Å². The van der Waals surface area contributed by atoms with Gasteiger partial charge < -0.3 is 4.74 Å². The van der Waals surface area contributed by atoms with Crippen LogP contribution in [0.25, 0.3) is 0 Å². The van der Waals surface area contributed by atoms with Crippen LogP contribution in [-0.2, 0) is 17.6 Å². The molecule has 0 saturated carbocycles. The quantitative estimate of drug-likeness (QED) is 0.937. The summed E-state index contributed by atoms with van der Waals surface area (Å²) in [6.45, 7) is 0.00819. The van der Waals surface area contributed by atoms with Crippen molar-refractivity contribution >= 4 is 34.8 Å². The van der Waals surface area contributed by atoms with Crippen molar-refractivity contribution in [3.8, 4) is 5.75 Å². The van der Waals surface area contributed by atoms with Crippen molar-refractivity contribution < 1.29 is 9.53 Å². The number of aryl methyl sites for hydroxylation is 2. The summed E-state index contributed by atoms with van der Waals surface area (Å²) in [4.78, 5) is 17.6. The highest BCUT2D eigenvalue weighted by Crippen LogP contribution is 2.29. The third-order valence-corrected chi connectivity index (χ3v) is 4.28. The summed E-state index contributed by atoms with van der Waals surface area (Å²) in [5.74, 6) is 0.529. The van der Waals surface area contributed by atoms with Gasteiger partial charge in [-0.25, -0.2) is 4.98 Å². The molecule has 0 spiro atoms. The van der Waals surface area contributed by atoms with Gasteiger partial charge in [0.2, 0.25) is 0 Å². The van der Waals surface area contributed by atoms with Gasteiger partial charge in [0.25, 0.3) is 5.91 Å². The van der Waals surface area contributed by atoms with Crippen LogP contribution in [0.15, 0.2) is 30.3 Å². The summed E-state index contributed by atoms with van der Waals surface area (Å²) < 4.78 is 5.41. The van der Waals surface area contributed by atoms with Crippen LogP contribution in [0, 0.1) is 0 Å². The number of rotatable bonds is 4. The maximum Gasteiger partial charge on any atom is 0.264 e. The Labute approximate surface area is 134 Å². The Balaban J connectivity index is 0.00000161. The van der Waals surface area contributed by atoms with Gasteiger partial charge in [-0.1, -0.05) is 18.2 Å². The first-order valence-corrected chi connectivity index (χ1v) is 7.59. The smallest absolute Gasteiger partial charge is 0.264 e. The van der Waals surface area contributed by atoms with E-state index < -0.39 is 0 Å². The molecule has 1 aromatic carbocycles. The molecule has 4 nitrogen and oxygen atoms in total. The van der Waals surface area contributed by atoms with Gasteiger partial charge >= 0.3 is 0 Å². The molecule has 6 heteroatoms. The largest absolute Gasteiger partial charge is 0.484 e. The van der Waals surface area contributed by atoms with E-state index in [1.807, 2.05) is 30.3 Å². The standard InChI is InChI=1S/C15H16N2O2S.ClH/c18-14(10-19-11-6-2-1-3-7-11)17-15-16-12-8-4-5-9-13(12)20-15;/h1-3,6-7H,4-5,8-10H2,(H,16,17,18);1H. The third-order valence-electron chi connectivity index (χ3n) is 3.21. The molecule has 0 radical (unpaired) electrons. The number of nitrogens with zero attached hydrogens (tertiary/aromatic N) is 1. The lowest BCUT2D eigenvalue weighted by Gasteiger charge is -2.06. The van der Waals surface area contributed by atoms with Gasteiger partial charge in [0, 0.05) is 4.88 Å². The number of para-hydroxylation sites is 1. The normalized spacial score (nSPS) is 13.0. The lowest BCUT2D eigenvalue weighted by Crippen LogP contribution is -2.20. The van der Waals surface area contributed by atoms with Crippen molar-refractivity contribution in [2.75, 3.05) is 11.9 Å². The van der Waals surface area contributed by atoms with Gasteiger partial charge in [-0.05, 0) is 37.8 Å². The molecule has 21 heavy (non-hydrogen) atoms. The molecule has 3 rings (SSSR count). The van der Waals surface area contributed by atoms with E-state index in [1.165, 1.54) is 17.7 Å². The monoisotopic (exact) mass is 324 g/mol.